The summed E-state index contributed by atoms with van der Waals surface area (Å²) in [4.78, 5) is 26.0. The van der Waals surface area contributed by atoms with Gasteiger partial charge in [-0.25, -0.2) is 0 Å². The van der Waals surface area contributed by atoms with Crippen molar-refractivity contribution in [2.45, 2.75) is 38.3 Å². The van der Waals surface area contributed by atoms with Crippen molar-refractivity contribution < 1.29 is 14.3 Å². The number of nitrogens with zero attached hydrogens (tertiary/aromatic N) is 1. The number of morpholine rings is 1. The van der Waals surface area contributed by atoms with E-state index in [0.29, 0.717) is 32.6 Å². The normalized spacial score (nSPS) is 21.6. The molecule has 2 heterocycles. The zero-order valence-corrected chi connectivity index (χ0v) is 13.9. The van der Waals surface area contributed by atoms with Crippen molar-refractivity contribution >= 4 is 17.5 Å². The molecule has 1 unspecified atom stereocenters. The van der Waals surface area contributed by atoms with Crippen LogP contribution in [0, 0.1) is 0 Å². The van der Waals surface area contributed by atoms with Gasteiger partial charge in [-0.3, -0.25) is 9.59 Å². The quantitative estimate of drug-likeness (QED) is 0.858. The van der Waals surface area contributed by atoms with Gasteiger partial charge in [-0.2, -0.15) is 0 Å². The lowest BCUT2D eigenvalue weighted by Gasteiger charge is -2.27. The van der Waals surface area contributed by atoms with Gasteiger partial charge in [-0.05, 0) is 30.5 Å². The van der Waals surface area contributed by atoms with Crippen LogP contribution in [0.5, 0.6) is 0 Å². The minimum atomic E-state index is -0.0239. The molecule has 2 N–H and O–H groups in total. The van der Waals surface area contributed by atoms with Gasteiger partial charge in [0.25, 0.3) is 0 Å². The first-order valence-electron chi connectivity index (χ1n) is 8.68. The zero-order chi connectivity index (χ0) is 16.8. The highest BCUT2D eigenvalue weighted by atomic mass is 16.5. The first-order valence-corrected chi connectivity index (χ1v) is 8.68. The Morgan fingerprint density at radius 2 is 2.29 bits per heavy atom. The molecule has 130 valence electrons. The summed E-state index contributed by atoms with van der Waals surface area (Å²) in [7, 11) is 0. The van der Waals surface area contributed by atoms with Crippen molar-refractivity contribution in [2.24, 2.45) is 0 Å². The van der Waals surface area contributed by atoms with E-state index in [1.807, 2.05) is 29.2 Å². The van der Waals surface area contributed by atoms with Gasteiger partial charge in [0.1, 0.15) is 0 Å². The second kappa shape index (κ2) is 8.26. The minimum absolute atomic E-state index is 0.0239. The van der Waals surface area contributed by atoms with E-state index in [4.69, 9.17) is 4.74 Å². The molecule has 2 saturated heterocycles. The maximum Gasteiger partial charge on any atom is 0.226 e. The first-order chi connectivity index (χ1) is 11.7. The number of piperidine rings is 1. The Kier molecular flexibility index (Phi) is 5.82. The van der Waals surface area contributed by atoms with Gasteiger partial charge in [-0.15, -0.1) is 0 Å². The summed E-state index contributed by atoms with van der Waals surface area (Å²) < 4.78 is 5.37. The fourth-order valence-electron chi connectivity index (χ4n) is 3.18. The van der Waals surface area contributed by atoms with E-state index in [1.54, 1.807) is 0 Å². The standard InChI is InChI=1S/C18H25N3O3/c22-17(11-16-13-24-9-7-19-16)20-15-5-3-4-14(10-15)12-21-8-2-1-6-18(21)23/h3-5,10,16,19H,1-2,6-9,11-13H2,(H,20,22). The van der Waals surface area contributed by atoms with E-state index in [2.05, 4.69) is 10.6 Å². The van der Waals surface area contributed by atoms with Gasteiger partial charge in [0, 0.05) is 44.2 Å². The highest BCUT2D eigenvalue weighted by molar-refractivity contribution is 5.91. The molecular formula is C18H25N3O3. The Bertz CT molecular complexity index is 585. The van der Waals surface area contributed by atoms with E-state index in [0.717, 1.165) is 37.2 Å². The zero-order valence-electron chi connectivity index (χ0n) is 13.9. The van der Waals surface area contributed by atoms with Gasteiger partial charge in [0.2, 0.25) is 11.8 Å². The van der Waals surface area contributed by atoms with Crippen LogP contribution in [0.4, 0.5) is 5.69 Å². The number of carbonyl (C=O) groups is 2. The highest BCUT2D eigenvalue weighted by Crippen LogP contribution is 2.17. The average molecular weight is 331 g/mol. The molecule has 1 aromatic carbocycles. The van der Waals surface area contributed by atoms with Gasteiger partial charge in [0.15, 0.2) is 0 Å². The number of rotatable bonds is 5. The molecule has 0 aliphatic carbocycles. The van der Waals surface area contributed by atoms with Gasteiger partial charge < -0.3 is 20.3 Å². The molecule has 0 bridgehead atoms. The van der Waals surface area contributed by atoms with Crippen molar-refractivity contribution in [3.05, 3.63) is 29.8 Å². The fraction of sp³-hybridized carbons (Fsp3) is 0.556. The molecule has 1 aromatic rings. The molecule has 6 heteroatoms. The maximum atomic E-state index is 12.2. The topological polar surface area (TPSA) is 70.7 Å². The number of benzene rings is 1. The number of amides is 2. The largest absolute Gasteiger partial charge is 0.378 e. The summed E-state index contributed by atoms with van der Waals surface area (Å²) in [5.41, 5.74) is 1.82. The number of hydrogen-bond acceptors (Lipinski definition) is 4. The molecule has 0 saturated carbocycles. The third-order valence-corrected chi connectivity index (χ3v) is 4.44. The lowest BCUT2D eigenvalue weighted by Crippen LogP contribution is -2.43. The molecule has 24 heavy (non-hydrogen) atoms. The fourth-order valence-corrected chi connectivity index (χ4v) is 3.18. The predicted molar refractivity (Wildman–Crippen MR) is 91.6 cm³/mol. The van der Waals surface area contributed by atoms with Crippen LogP contribution in [-0.4, -0.2) is 49.1 Å². The molecule has 3 rings (SSSR count). The molecule has 0 radical (unpaired) electrons. The van der Waals surface area contributed by atoms with E-state index >= 15 is 0 Å². The van der Waals surface area contributed by atoms with Crippen molar-refractivity contribution in [2.75, 3.05) is 31.6 Å². The Balaban J connectivity index is 1.54. The summed E-state index contributed by atoms with van der Waals surface area (Å²) in [5, 5.41) is 6.22. The highest BCUT2D eigenvalue weighted by Gasteiger charge is 2.19. The summed E-state index contributed by atoms with van der Waals surface area (Å²) in [6, 6.07) is 7.82. The van der Waals surface area contributed by atoms with Crippen molar-refractivity contribution in [1.29, 1.82) is 0 Å². The summed E-state index contributed by atoms with van der Waals surface area (Å²) >= 11 is 0. The Labute approximate surface area is 142 Å². The van der Waals surface area contributed by atoms with Crippen LogP contribution in [0.1, 0.15) is 31.2 Å². The third kappa shape index (κ3) is 4.79. The molecular weight excluding hydrogens is 306 g/mol. The number of ether oxygens (including phenoxy) is 1. The Morgan fingerprint density at radius 3 is 3.08 bits per heavy atom. The van der Waals surface area contributed by atoms with E-state index in [9.17, 15) is 9.59 Å². The van der Waals surface area contributed by atoms with Crippen molar-refractivity contribution in [3.63, 3.8) is 0 Å². The molecule has 0 spiro atoms. The number of anilines is 1. The average Bonchev–Trinajstić information content (AvgIpc) is 2.58. The number of hydrogen-bond donors (Lipinski definition) is 2. The number of nitrogens with one attached hydrogen (secondary N) is 2. The Morgan fingerprint density at radius 1 is 1.38 bits per heavy atom. The number of likely N-dealkylation sites (tertiary alicyclic amines) is 1. The molecule has 2 aliphatic heterocycles. The molecule has 1 atom stereocenters. The van der Waals surface area contributed by atoms with Crippen LogP contribution in [0.3, 0.4) is 0 Å². The van der Waals surface area contributed by atoms with Crippen LogP contribution >= 0.6 is 0 Å². The predicted octanol–water partition coefficient (Wildman–Crippen LogP) is 1.52. The summed E-state index contributed by atoms with van der Waals surface area (Å²) in [5.74, 6) is 0.197. The van der Waals surface area contributed by atoms with Crippen LogP contribution in [-0.2, 0) is 20.9 Å². The van der Waals surface area contributed by atoms with Crippen LogP contribution in [0.25, 0.3) is 0 Å². The molecule has 2 aliphatic rings. The van der Waals surface area contributed by atoms with Gasteiger partial charge in [-0.1, -0.05) is 12.1 Å². The third-order valence-electron chi connectivity index (χ3n) is 4.44. The van der Waals surface area contributed by atoms with Crippen LogP contribution in [0.2, 0.25) is 0 Å². The summed E-state index contributed by atoms with van der Waals surface area (Å²) in [6.07, 6.45) is 3.10. The van der Waals surface area contributed by atoms with E-state index in [1.165, 1.54) is 0 Å². The number of carbonyl (C=O) groups excluding carboxylic acids is 2. The first kappa shape index (κ1) is 16.9. The van der Waals surface area contributed by atoms with Gasteiger partial charge in [0.05, 0.1) is 13.2 Å². The molecule has 2 amide bonds. The minimum Gasteiger partial charge on any atom is -0.378 e. The lowest BCUT2D eigenvalue weighted by atomic mass is 10.1. The molecule has 2 fully saturated rings. The van der Waals surface area contributed by atoms with E-state index in [-0.39, 0.29) is 17.9 Å². The lowest BCUT2D eigenvalue weighted by molar-refractivity contribution is -0.133. The Hall–Kier alpha value is -1.92. The van der Waals surface area contributed by atoms with Crippen LogP contribution < -0.4 is 10.6 Å². The van der Waals surface area contributed by atoms with E-state index < -0.39 is 0 Å². The smallest absolute Gasteiger partial charge is 0.226 e. The van der Waals surface area contributed by atoms with Crippen LogP contribution in [0.15, 0.2) is 24.3 Å². The van der Waals surface area contributed by atoms with Crippen molar-refractivity contribution in [3.8, 4) is 0 Å². The van der Waals surface area contributed by atoms with Gasteiger partial charge >= 0.3 is 0 Å². The monoisotopic (exact) mass is 331 g/mol. The second-order valence-corrected chi connectivity index (χ2v) is 6.45. The SMILES string of the molecule is O=C(CC1COCCN1)Nc1cccc(CN2CCCCC2=O)c1. The maximum absolute atomic E-state index is 12.2. The molecule has 6 nitrogen and oxygen atoms in total. The van der Waals surface area contributed by atoms with Crippen molar-refractivity contribution in [1.82, 2.24) is 10.2 Å². The second-order valence-electron chi connectivity index (χ2n) is 6.45. The summed E-state index contributed by atoms with van der Waals surface area (Å²) in [6.45, 7) is 3.50. The molecule has 0 aromatic heterocycles.